The molecule has 1 N–H and O–H groups in total. The minimum absolute atomic E-state index is 0.148. The first-order chi connectivity index (χ1) is 15.2. The van der Waals surface area contributed by atoms with Gasteiger partial charge in [-0.2, -0.15) is 13.2 Å². The maximum absolute atomic E-state index is 12.9. The molecule has 0 radical (unpaired) electrons. The fraction of sp³-hybridized carbons (Fsp3) is 0.0870. The van der Waals surface area contributed by atoms with Crippen molar-refractivity contribution in [3.8, 4) is 5.75 Å². The van der Waals surface area contributed by atoms with E-state index in [4.69, 9.17) is 4.74 Å². The largest absolute Gasteiger partial charge is 0.487 e. The SMILES string of the molecule is O=S(=O)(Nc1cccc(COc2cccc3cccnc23)c1)c1cccc(C(F)(F)F)c1. The zero-order valence-electron chi connectivity index (χ0n) is 16.5. The van der Waals surface area contributed by atoms with Gasteiger partial charge in [-0.15, -0.1) is 0 Å². The molecule has 4 rings (SSSR count). The highest BCUT2D eigenvalue weighted by Gasteiger charge is 2.31. The van der Waals surface area contributed by atoms with Crippen LogP contribution in [-0.4, -0.2) is 13.4 Å². The Labute approximate surface area is 182 Å². The summed E-state index contributed by atoms with van der Waals surface area (Å²) < 4.78 is 72.2. The molecule has 0 bridgehead atoms. The van der Waals surface area contributed by atoms with Gasteiger partial charge >= 0.3 is 6.18 Å². The van der Waals surface area contributed by atoms with Crippen LogP contribution in [0.5, 0.6) is 5.75 Å². The molecule has 0 unspecified atom stereocenters. The summed E-state index contributed by atoms with van der Waals surface area (Å²) in [5.41, 5.74) is 0.546. The van der Waals surface area contributed by atoms with Crippen molar-refractivity contribution in [1.29, 1.82) is 0 Å². The summed E-state index contributed by atoms with van der Waals surface area (Å²) in [6.45, 7) is 0.148. The summed E-state index contributed by atoms with van der Waals surface area (Å²) in [6, 6.07) is 19.3. The standard InChI is InChI=1S/C23H17F3N2O3S/c24-23(25,26)18-8-3-10-20(14-18)32(29,30)28-19-9-1-5-16(13-19)15-31-21-11-2-6-17-7-4-12-27-22(17)21/h1-14,28H,15H2. The molecule has 9 heteroatoms. The van der Waals surface area contributed by atoms with E-state index in [0.29, 0.717) is 22.9 Å². The number of fused-ring (bicyclic) bond motifs is 1. The first-order valence-electron chi connectivity index (χ1n) is 9.48. The molecule has 1 aromatic heterocycles. The van der Waals surface area contributed by atoms with E-state index in [1.807, 2.05) is 24.3 Å². The van der Waals surface area contributed by atoms with Crippen LogP contribution in [0, 0.1) is 0 Å². The Morgan fingerprint density at radius 2 is 1.66 bits per heavy atom. The third kappa shape index (κ3) is 4.83. The van der Waals surface area contributed by atoms with Gasteiger partial charge in [0.2, 0.25) is 0 Å². The van der Waals surface area contributed by atoms with Crippen LogP contribution in [0.15, 0.2) is 90.0 Å². The van der Waals surface area contributed by atoms with E-state index in [0.717, 1.165) is 23.6 Å². The molecule has 1 heterocycles. The number of nitrogens with zero attached hydrogens (tertiary/aromatic N) is 1. The number of halogens is 3. The molecule has 0 aliphatic rings. The number of ether oxygens (including phenoxy) is 1. The second kappa shape index (κ2) is 8.51. The third-order valence-corrected chi connectivity index (χ3v) is 6.02. The molecule has 4 aromatic rings. The van der Waals surface area contributed by atoms with Crippen LogP contribution in [-0.2, 0) is 22.8 Å². The highest BCUT2D eigenvalue weighted by atomic mass is 32.2. The summed E-state index contributed by atoms with van der Waals surface area (Å²) in [7, 11) is -4.21. The van der Waals surface area contributed by atoms with Gasteiger partial charge in [0.1, 0.15) is 17.9 Å². The molecule has 0 atom stereocenters. The van der Waals surface area contributed by atoms with E-state index >= 15 is 0 Å². The Morgan fingerprint density at radius 1 is 0.906 bits per heavy atom. The number of para-hydroxylation sites is 1. The molecule has 0 saturated carbocycles. The van der Waals surface area contributed by atoms with Crippen molar-refractivity contribution in [3.05, 3.63) is 96.2 Å². The molecular formula is C23H17F3N2O3S. The van der Waals surface area contributed by atoms with Crippen molar-refractivity contribution in [2.45, 2.75) is 17.7 Å². The van der Waals surface area contributed by atoms with Crippen molar-refractivity contribution >= 4 is 26.6 Å². The van der Waals surface area contributed by atoms with Gasteiger partial charge in [0, 0.05) is 17.3 Å². The lowest BCUT2D eigenvalue weighted by molar-refractivity contribution is -0.137. The Hall–Kier alpha value is -3.59. The lowest BCUT2D eigenvalue weighted by atomic mass is 10.2. The van der Waals surface area contributed by atoms with Crippen molar-refractivity contribution in [3.63, 3.8) is 0 Å². The average molecular weight is 458 g/mol. The molecule has 0 saturated heterocycles. The van der Waals surface area contributed by atoms with Crippen molar-refractivity contribution < 1.29 is 26.3 Å². The number of rotatable bonds is 6. The van der Waals surface area contributed by atoms with Crippen LogP contribution in [0.4, 0.5) is 18.9 Å². The minimum Gasteiger partial charge on any atom is -0.487 e. The Kier molecular flexibility index (Phi) is 5.75. The number of benzene rings is 3. The Morgan fingerprint density at radius 3 is 2.47 bits per heavy atom. The van der Waals surface area contributed by atoms with Gasteiger partial charge in [-0.1, -0.05) is 36.4 Å². The van der Waals surface area contributed by atoms with E-state index < -0.39 is 26.7 Å². The second-order valence-electron chi connectivity index (χ2n) is 6.95. The zero-order chi connectivity index (χ0) is 22.8. The third-order valence-electron chi connectivity index (χ3n) is 4.64. The smallest absolute Gasteiger partial charge is 0.416 e. The number of nitrogens with one attached hydrogen (secondary N) is 1. The Balaban J connectivity index is 1.52. The number of pyridine rings is 1. The molecule has 0 aliphatic heterocycles. The summed E-state index contributed by atoms with van der Waals surface area (Å²) >= 11 is 0. The fourth-order valence-electron chi connectivity index (χ4n) is 3.13. The predicted molar refractivity (Wildman–Crippen MR) is 115 cm³/mol. The van der Waals surface area contributed by atoms with Gasteiger partial charge in [0.05, 0.1) is 10.5 Å². The Bertz CT molecular complexity index is 1370. The number of hydrogen-bond acceptors (Lipinski definition) is 4. The van der Waals surface area contributed by atoms with Gasteiger partial charge in [-0.05, 0) is 48.0 Å². The van der Waals surface area contributed by atoms with Crippen LogP contribution in [0.3, 0.4) is 0 Å². The van der Waals surface area contributed by atoms with E-state index in [-0.39, 0.29) is 12.3 Å². The molecule has 0 amide bonds. The first-order valence-corrected chi connectivity index (χ1v) is 11.0. The van der Waals surface area contributed by atoms with Gasteiger partial charge < -0.3 is 4.74 Å². The highest BCUT2D eigenvalue weighted by Crippen LogP contribution is 2.31. The maximum Gasteiger partial charge on any atom is 0.416 e. The quantitative estimate of drug-likeness (QED) is 0.406. The number of sulfonamides is 1. The van der Waals surface area contributed by atoms with Crippen LogP contribution >= 0.6 is 0 Å². The predicted octanol–water partition coefficient (Wildman–Crippen LogP) is 5.63. The van der Waals surface area contributed by atoms with Crippen molar-refractivity contribution in [2.24, 2.45) is 0 Å². The normalized spacial score (nSPS) is 12.0. The highest BCUT2D eigenvalue weighted by molar-refractivity contribution is 7.92. The number of anilines is 1. The van der Waals surface area contributed by atoms with E-state index in [2.05, 4.69) is 9.71 Å². The number of alkyl halides is 3. The fourth-order valence-corrected chi connectivity index (χ4v) is 4.23. The molecule has 0 aliphatic carbocycles. The van der Waals surface area contributed by atoms with Crippen LogP contribution < -0.4 is 9.46 Å². The lowest BCUT2D eigenvalue weighted by Gasteiger charge is -2.12. The van der Waals surface area contributed by atoms with Gasteiger partial charge in [0.15, 0.2) is 0 Å². The summed E-state index contributed by atoms with van der Waals surface area (Å²) in [5.74, 6) is 0.582. The summed E-state index contributed by atoms with van der Waals surface area (Å²) in [4.78, 5) is 3.84. The first kappa shape index (κ1) is 21.6. The van der Waals surface area contributed by atoms with Crippen molar-refractivity contribution in [1.82, 2.24) is 4.98 Å². The molecule has 5 nitrogen and oxygen atoms in total. The molecule has 164 valence electrons. The monoisotopic (exact) mass is 458 g/mol. The van der Waals surface area contributed by atoms with Crippen LogP contribution in [0.2, 0.25) is 0 Å². The lowest BCUT2D eigenvalue weighted by Crippen LogP contribution is -2.14. The molecule has 0 fully saturated rings. The second-order valence-corrected chi connectivity index (χ2v) is 8.63. The van der Waals surface area contributed by atoms with Gasteiger partial charge in [-0.25, -0.2) is 8.42 Å². The molecular weight excluding hydrogens is 441 g/mol. The minimum atomic E-state index is -4.64. The van der Waals surface area contributed by atoms with Crippen LogP contribution in [0.25, 0.3) is 10.9 Å². The topological polar surface area (TPSA) is 68.3 Å². The summed E-state index contributed by atoms with van der Waals surface area (Å²) in [6.07, 6.45) is -2.97. The number of hydrogen-bond donors (Lipinski definition) is 1. The molecule has 3 aromatic carbocycles. The zero-order valence-corrected chi connectivity index (χ0v) is 17.3. The molecule has 32 heavy (non-hydrogen) atoms. The van der Waals surface area contributed by atoms with Gasteiger partial charge in [0.25, 0.3) is 10.0 Å². The van der Waals surface area contributed by atoms with E-state index in [1.54, 1.807) is 30.5 Å². The van der Waals surface area contributed by atoms with Gasteiger partial charge in [-0.3, -0.25) is 9.71 Å². The summed E-state index contributed by atoms with van der Waals surface area (Å²) in [5, 5.41) is 0.924. The average Bonchev–Trinajstić information content (AvgIpc) is 2.77. The van der Waals surface area contributed by atoms with E-state index in [9.17, 15) is 21.6 Å². The van der Waals surface area contributed by atoms with E-state index in [1.165, 1.54) is 6.07 Å². The molecule has 0 spiro atoms. The maximum atomic E-state index is 12.9. The number of aromatic nitrogens is 1. The van der Waals surface area contributed by atoms with Crippen LogP contribution in [0.1, 0.15) is 11.1 Å². The van der Waals surface area contributed by atoms with Crippen molar-refractivity contribution in [2.75, 3.05) is 4.72 Å².